The largest absolute Gasteiger partial charge is 0.393 e. The molecule has 1 aliphatic rings. The minimum atomic E-state index is -0.156. The van der Waals surface area contributed by atoms with E-state index in [4.69, 9.17) is 0 Å². The van der Waals surface area contributed by atoms with Gasteiger partial charge in [0.05, 0.1) is 22.0 Å². The zero-order valence-electron chi connectivity index (χ0n) is 13.1. The van der Waals surface area contributed by atoms with Crippen LogP contribution in [-0.4, -0.2) is 21.0 Å². The SMILES string of the molecule is CCc1nn(C)c(CC2CC(C(C)C)CCC2O)c1Br. The number of aliphatic hydroxyl groups excluding tert-OH is 1. The second kappa shape index (κ2) is 6.61. The third-order valence-electron chi connectivity index (χ3n) is 4.88. The first-order valence-corrected chi connectivity index (χ1v) is 8.61. The molecule has 1 aliphatic carbocycles. The summed E-state index contributed by atoms with van der Waals surface area (Å²) in [6.45, 7) is 6.73. The number of rotatable bonds is 4. The van der Waals surface area contributed by atoms with Crippen LogP contribution in [0.4, 0.5) is 0 Å². The second-order valence-corrected chi connectivity index (χ2v) is 7.33. The molecule has 3 unspecified atom stereocenters. The summed E-state index contributed by atoms with van der Waals surface area (Å²) in [5.74, 6) is 1.83. The molecule has 0 aromatic carbocycles. The third kappa shape index (κ3) is 3.28. The number of aromatic nitrogens is 2. The van der Waals surface area contributed by atoms with E-state index in [2.05, 4.69) is 41.8 Å². The molecule has 2 rings (SSSR count). The minimum Gasteiger partial charge on any atom is -0.393 e. The third-order valence-corrected chi connectivity index (χ3v) is 5.80. The van der Waals surface area contributed by atoms with Crippen LogP contribution in [0.15, 0.2) is 4.47 Å². The fourth-order valence-electron chi connectivity index (χ4n) is 3.40. The van der Waals surface area contributed by atoms with Crippen molar-refractivity contribution in [1.82, 2.24) is 9.78 Å². The maximum Gasteiger partial charge on any atom is 0.0766 e. The Bertz CT molecular complexity index is 456. The number of nitrogens with zero attached hydrogens (tertiary/aromatic N) is 2. The molecule has 1 heterocycles. The predicted molar refractivity (Wildman–Crippen MR) is 85.7 cm³/mol. The van der Waals surface area contributed by atoms with Crippen LogP contribution in [0.3, 0.4) is 0 Å². The van der Waals surface area contributed by atoms with Crippen molar-refractivity contribution >= 4 is 15.9 Å². The van der Waals surface area contributed by atoms with E-state index in [0.717, 1.165) is 41.8 Å². The van der Waals surface area contributed by atoms with E-state index in [1.807, 2.05) is 11.7 Å². The van der Waals surface area contributed by atoms with E-state index in [1.165, 1.54) is 12.1 Å². The molecule has 0 amide bonds. The summed E-state index contributed by atoms with van der Waals surface area (Å²) in [5.41, 5.74) is 2.35. The highest BCUT2D eigenvalue weighted by molar-refractivity contribution is 9.10. The van der Waals surface area contributed by atoms with E-state index >= 15 is 0 Å². The Kier molecular flexibility index (Phi) is 5.30. The summed E-state index contributed by atoms with van der Waals surface area (Å²) >= 11 is 3.69. The first kappa shape index (κ1) is 16.0. The molecule has 114 valence electrons. The Morgan fingerprint density at radius 1 is 1.40 bits per heavy atom. The molecule has 1 aromatic heterocycles. The monoisotopic (exact) mass is 342 g/mol. The Morgan fingerprint density at radius 2 is 2.10 bits per heavy atom. The maximum absolute atomic E-state index is 10.3. The lowest BCUT2D eigenvalue weighted by Crippen LogP contribution is -2.33. The van der Waals surface area contributed by atoms with Crippen molar-refractivity contribution in [2.75, 3.05) is 0 Å². The zero-order valence-corrected chi connectivity index (χ0v) is 14.7. The number of hydrogen-bond donors (Lipinski definition) is 1. The van der Waals surface area contributed by atoms with Gasteiger partial charge in [0.25, 0.3) is 0 Å². The van der Waals surface area contributed by atoms with Crippen LogP contribution >= 0.6 is 15.9 Å². The molecule has 0 radical (unpaired) electrons. The van der Waals surface area contributed by atoms with Gasteiger partial charge in [0.1, 0.15) is 0 Å². The average Bonchev–Trinajstić information content (AvgIpc) is 2.68. The van der Waals surface area contributed by atoms with Gasteiger partial charge in [-0.1, -0.05) is 20.8 Å². The highest BCUT2D eigenvalue weighted by Crippen LogP contribution is 2.37. The number of hydrogen-bond acceptors (Lipinski definition) is 2. The lowest BCUT2D eigenvalue weighted by Gasteiger charge is -2.35. The van der Waals surface area contributed by atoms with Crippen molar-refractivity contribution in [3.8, 4) is 0 Å². The summed E-state index contributed by atoms with van der Waals surface area (Å²) in [6, 6.07) is 0. The Hall–Kier alpha value is -0.350. The van der Waals surface area contributed by atoms with Gasteiger partial charge in [0.2, 0.25) is 0 Å². The smallest absolute Gasteiger partial charge is 0.0766 e. The number of aliphatic hydroxyl groups is 1. The molecule has 4 heteroatoms. The maximum atomic E-state index is 10.3. The van der Waals surface area contributed by atoms with Gasteiger partial charge < -0.3 is 5.11 Å². The highest BCUT2D eigenvalue weighted by Gasteiger charge is 2.32. The summed E-state index contributed by atoms with van der Waals surface area (Å²) in [4.78, 5) is 0. The fourth-order valence-corrected chi connectivity index (χ4v) is 4.18. The molecule has 20 heavy (non-hydrogen) atoms. The quantitative estimate of drug-likeness (QED) is 0.905. The summed E-state index contributed by atoms with van der Waals surface area (Å²) in [6.07, 6.45) is 4.96. The molecule has 1 aromatic rings. The molecule has 0 spiro atoms. The average molecular weight is 343 g/mol. The van der Waals surface area contributed by atoms with Crippen LogP contribution in [0, 0.1) is 17.8 Å². The Balaban J connectivity index is 2.13. The van der Waals surface area contributed by atoms with Crippen molar-refractivity contribution in [1.29, 1.82) is 0 Å². The van der Waals surface area contributed by atoms with Crippen molar-refractivity contribution < 1.29 is 5.11 Å². The first-order valence-electron chi connectivity index (χ1n) is 7.82. The van der Waals surface area contributed by atoms with Crippen LogP contribution in [0.2, 0.25) is 0 Å². The van der Waals surface area contributed by atoms with Crippen molar-refractivity contribution in [3.05, 3.63) is 15.9 Å². The summed E-state index contributed by atoms with van der Waals surface area (Å²) < 4.78 is 3.12. The van der Waals surface area contributed by atoms with Gasteiger partial charge in [-0.3, -0.25) is 4.68 Å². The predicted octanol–water partition coefficient (Wildman–Crippen LogP) is 3.72. The Labute approximate surface area is 130 Å². The normalized spacial score (nSPS) is 27.2. The molecule has 1 fully saturated rings. The van der Waals surface area contributed by atoms with Crippen LogP contribution in [0.25, 0.3) is 0 Å². The molecular weight excluding hydrogens is 316 g/mol. The second-order valence-electron chi connectivity index (χ2n) is 6.53. The van der Waals surface area contributed by atoms with E-state index in [-0.39, 0.29) is 6.10 Å². The van der Waals surface area contributed by atoms with Gasteiger partial charge in [-0.05, 0) is 65.8 Å². The van der Waals surface area contributed by atoms with Crippen molar-refractivity contribution in [3.63, 3.8) is 0 Å². The molecule has 0 saturated heterocycles. The fraction of sp³-hybridized carbons (Fsp3) is 0.812. The van der Waals surface area contributed by atoms with Gasteiger partial charge in [-0.2, -0.15) is 5.10 Å². The van der Waals surface area contributed by atoms with E-state index < -0.39 is 0 Å². The van der Waals surface area contributed by atoms with Gasteiger partial charge >= 0.3 is 0 Å². The number of aryl methyl sites for hydroxylation is 2. The van der Waals surface area contributed by atoms with Crippen molar-refractivity contribution in [2.45, 2.75) is 59.0 Å². The molecule has 0 aliphatic heterocycles. The molecular formula is C16H27BrN2O. The van der Waals surface area contributed by atoms with Crippen LogP contribution in [0.5, 0.6) is 0 Å². The topological polar surface area (TPSA) is 38.0 Å². The summed E-state index contributed by atoms with van der Waals surface area (Å²) in [7, 11) is 2.01. The lowest BCUT2D eigenvalue weighted by atomic mass is 9.73. The van der Waals surface area contributed by atoms with Crippen molar-refractivity contribution in [2.24, 2.45) is 24.8 Å². The van der Waals surface area contributed by atoms with Gasteiger partial charge in [0, 0.05) is 7.05 Å². The van der Waals surface area contributed by atoms with E-state index in [1.54, 1.807) is 0 Å². The van der Waals surface area contributed by atoms with Gasteiger partial charge in [0.15, 0.2) is 0 Å². The van der Waals surface area contributed by atoms with Crippen LogP contribution < -0.4 is 0 Å². The zero-order chi connectivity index (χ0) is 14.9. The molecule has 3 nitrogen and oxygen atoms in total. The standard InChI is InChI=1S/C16H27BrN2O/c1-5-13-16(17)14(19(4)18-13)9-12-8-11(10(2)3)6-7-15(12)20/h10-12,15,20H,5-9H2,1-4H3. The van der Waals surface area contributed by atoms with Crippen LogP contribution in [0.1, 0.15) is 51.4 Å². The molecule has 1 N–H and O–H groups in total. The van der Waals surface area contributed by atoms with E-state index in [0.29, 0.717) is 11.8 Å². The summed E-state index contributed by atoms with van der Waals surface area (Å²) in [5, 5.41) is 14.9. The number of halogens is 1. The molecule has 0 bridgehead atoms. The van der Waals surface area contributed by atoms with E-state index in [9.17, 15) is 5.11 Å². The molecule has 1 saturated carbocycles. The minimum absolute atomic E-state index is 0.156. The molecule has 3 atom stereocenters. The van der Waals surface area contributed by atoms with Gasteiger partial charge in [-0.15, -0.1) is 0 Å². The van der Waals surface area contributed by atoms with Crippen LogP contribution in [-0.2, 0) is 19.9 Å². The lowest BCUT2D eigenvalue weighted by molar-refractivity contribution is 0.0369. The highest BCUT2D eigenvalue weighted by atomic mass is 79.9. The first-order chi connectivity index (χ1) is 9.43. The van der Waals surface area contributed by atoms with Gasteiger partial charge in [-0.25, -0.2) is 0 Å². The Morgan fingerprint density at radius 3 is 2.65 bits per heavy atom.